The van der Waals surface area contributed by atoms with Crippen LogP contribution < -0.4 is 4.90 Å². The lowest BCUT2D eigenvalue weighted by Gasteiger charge is -2.28. The van der Waals surface area contributed by atoms with Crippen molar-refractivity contribution in [2.45, 2.75) is 19.0 Å². The first-order chi connectivity index (χ1) is 10.3. The van der Waals surface area contributed by atoms with Gasteiger partial charge in [0.1, 0.15) is 6.04 Å². The van der Waals surface area contributed by atoms with E-state index in [0.29, 0.717) is 0 Å². The number of carboxylic acid groups (broad SMARTS) is 1. The van der Waals surface area contributed by atoms with E-state index in [1.165, 1.54) is 18.1 Å². The van der Waals surface area contributed by atoms with Gasteiger partial charge >= 0.3 is 11.9 Å². The number of hydrogen-bond donors (Lipinski definition) is 1. The van der Waals surface area contributed by atoms with Gasteiger partial charge in [-0.1, -0.05) is 0 Å². The van der Waals surface area contributed by atoms with Crippen molar-refractivity contribution in [2.75, 3.05) is 26.1 Å². The predicted molar refractivity (Wildman–Crippen MR) is 78.7 cm³/mol. The van der Waals surface area contributed by atoms with Crippen molar-refractivity contribution in [3.05, 3.63) is 29.3 Å². The Morgan fingerprint density at radius 1 is 1.36 bits per heavy atom. The first-order valence-electron chi connectivity index (χ1n) is 6.76. The number of carbonyl (C=O) groups excluding carboxylic acids is 2. The highest BCUT2D eigenvalue weighted by atomic mass is 16.5. The van der Waals surface area contributed by atoms with Crippen LogP contribution in [0.3, 0.4) is 0 Å². The molecule has 0 spiro atoms. The number of fused-ring (bicyclic) bond motifs is 1. The van der Waals surface area contributed by atoms with Crippen LogP contribution >= 0.6 is 0 Å². The average Bonchev–Trinajstić information content (AvgIpc) is 2.57. The van der Waals surface area contributed by atoms with Crippen molar-refractivity contribution in [3.8, 4) is 0 Å². The van der Waals surface area contributed by atoms with Crippen molar-refractivity contribution in [1.29, 1.82) is 0 Å². The molecule has 7 heteroatoms. The Balaban J connectivity index is 2.44. The smallest absolute Gasteiger partial charge is 0.335 e. The molecule has 0 saturated heterocycles. The third-order valence-corrected chi connectivity index (χ3v) is 3.83. The van der Waals surface area contributed by atoms with Crippen molar-refractivity contribution in [1.82, 2.24) is 4.90 Å². The highest BCUT2D eigenvalue weighted by molar-refractivity contribution is 5.92. The van der Waals surface area contributed by atoms with E-state index >= 15 is 0 Å². The van der Waals surface area contributed by atoms with Gasteiger partial charge in [-0.3, -0.25) is 9.59 Å². The minimum atomic E-state index is -1.02. The van der Waals surface area contributed by atoms with Crippen LogP contribution in [0.5, 0.6) is 0 Å². The highest BCUT2D eigenvalue weighted by Crippen LogP contribution is 2.29. The lowest BCUT2D eigenvalue weighted by molar-refractivity contribution is -0.144. The quantitative estimate of drug-likeness (QED) is 0.828. The van der Waals surface area contributed by atoms with Crippen molar-refractivity contribution < 1.29 is 24.2 Å². The average molecular weight is 306 g/mol. The van der Waals surface area contributed by atoms with Crippen LogP contribution in [0, 0.1) is 0 Å². The molecule has 0 aliphatic carbocycles. The summed E-state index contributed by atoms with van der Waals surface area (Å²) in [6.45, 7) is 0.289. The zero-order valence-electron chi connectivity index (χ0n) is 12.7. The number of esters is 1. The summed E-state index contributed by atoms with van der Waals surface area (Å²) in [7, 11) is 4.62. The first kappa shape index (κ1) is 15.8. The third-order valence-electron chi connectivity index (χ3n) is 3.83. The van der Waals surface area contributed by atoms with E-state index in [1.54, 1.807) is 31.1 Å². The standard InChI is InChI=1S/C15H18N2O5/c1-16-8-10-6-9(15(20)21)4-5-11(10)17(2)12(14(16)19)7-13(18)22-3/h4-6,12H,7-8H2,1-3H3,(H,20,21). The molecule has 0 radical (unpaired) electrons. The Bertz CT molecular complexity index is 628. The fourth-order valence-corrected chi connectivity index (χ4v) is 2.58. The number of hydrogen-bond acceptors (Lipinski definition) is 5. The Morgan fingerprint density at radius 2 is 2.05 bits per heavy atom. The largest absolute Gasteiger partial charge is 0.478 e. The van der Waals surface area contributed by atoms with Gasteiger partial charge in [0.15, 0.2) is 0 Å². The van der Waals surface area contributed by atoms with Gasteiger partial charge in [-0.2, -0.15) is 0 Å². The van der Waals surface area contributed by atoms with Crippen LogP contribution in [0.1, 0.15) is 22.3 Å². The Kier molecular flexibility index (Phi) is 4.35. The predicted octanol–water partition coefficient (Wildman–Crippen LogP) is 0.725. The van der Waals surface area contributed by atoms with E-state index < -0.39 is 18.0 Å². The van der Waals surface area contributed by atoms with Crippen molar-refractivity contribution in [3.63, 3.8) is 0 Å². The second kappa shape index (κ2) is 6.05. The molecule has 1 aromatic carbocycles. The van der Waals surface area contributed by atoms with Crippen LogP contribution in [0.4, 0.5) is 5.69 Å². The molecule has 1 amide bonds. The summed E-state index contributed by atoms with van der Waals surface area (Å²) in [6, 6.07) is 4.03. The van der Waals surface area contributed by atoms with Crippen LogP contribution in [0.15, 0.2) is 18.2 Å². The minimum absolute atomic E-state index is 0.0592. The highest BCUT2D eigenvalue weighted by Gasteiger charge is 2.33. The summed E-state index contributed by atoms with van der Waals surface area (Å²) in [5.74, 6) is -1.69. The van der Waals surface area contributed by atoms with E-state index in [0.717, 1.165) is 11.3 Å². The molecule has 1 N–H and O–H groups in total. The van der Waals surface area contributed by atoms with E-state index in [-0.39, 0.29) is 24.4 Å². The number of rotatable bonds is 3. The molecule has 1 heterocycles. The van der Waals surface area contributed by atoms with E-state index in [1.807, 2.05) is 0 Å². The maximum Gasteiger partial charge on any atom is 0.335 e. The van der Waals surface area contributed by atoms with Crippen LogP contribution in [-0.4, -0.2) is 55.1 Å². The molecule has 2 rings (SSSR count). The molecule has 0 bridgehead atoms. The summed E-state index contributed by atoms with van der Waals surface area (Å²) in [4.78, 5) is 38.3. The number of carbonyl (C=O) groups is 3. The number of benzene rings is 1. The molecule has 1 aromatic rings. The second-order valence-electron chi connectivity index (χ2n) is 5.25. The molecule has 1 unspecified atom stereocenters. The Labute approximate surface area is 128 Å². The number of nitrogens with zero attached hydrogens (tertiary/aromatic N) is 2. The summed E-state index contributed by atoms with van der Waals surface area (Å²) >= 11 is 0. The van der Waals surface area contributed by atoms with Crippen LogP contribution in [0.25, 0.3) is 0 Å². The van der Waals surface area contributed by atoms with Gasteiger partial charge in [-0.25, -0.2) is 4.79 Å². The van der Waals surface area contributed by atoms with E-state index in [9.17, 15) is 14.4 Å². The summed E-state index contributed by atoms with van der Waals surface area (Å²) in [6.07, 6.45) is -0.0592. The van der Waals surface area contributed by atoms with E-state index in [2.05, 4.69) is 4.74 Å². The number of carboxylic acids is 1. The fraction of sp³-hybridized carbons (Fsp3) is 0.400. The normalized spacial score (nSPS) is 17.8. The SMILES string of the molecule is COC(=O)CC1C(=O)N(C)Cc2cc(C(=O)O)ccc2N1C. The van der Waals surface area contributed by atoms with Gasteiger partial charge < -0.3 is 19.6 Å². The molecular formula is C15H18N2O5. The molecule has 1 aliphatic heterocycles. The van der Waals surface area contributed by atoms with Gasteiger partial charge in [0.25, 0.3) is 0 Å². The van der Waals surface area contributed by atoms with E-state index in [4.69, 9.17) is 5.11 Å². The number of methoxy groups -OCH3 is 1. The third kappa shape index (κ3) is 2.88. The fourth-order valence-electron chi connectivity index (χ4n) is 2.58. The van der Waals surface area contributed by atoms with Crippen LogP contribution in [-0.2, 0) is 20.9 Å². The van der Waals surface area contributed by atoms with Gasteiger partial charge in [0, 0.05) is 26.3 Å². The van der Waals surface area contributed by atoms with Gasteiger partial charge in [0.2, 0.25) is 5.91 Å². The zero-order valence-corrected chi connectivity index (χ0v) is 12.7. The van der Waals surface area contributed by atoms with Crippen molar-refractivity contribution >= 4 is 23.5 Å². The molecule has 0 aromatic heterocycles. The topological polar surface area (TPSA) is 87.2 Å². The summed E-state index contributed by atoms with van der Waals surface area (Å²) in [5, 5.41) is 9.09. The number of aromatic carboxylic acids is 1. The maximum atomic E-state index is 12.5. The van der Waals surface area contributed by atoms with Gasteiger partial charge in [-0.15, -0.1) is 0 Å². The lowest BCUT2D eigenvalue weighted by atomic mass is 10.1. The second-order valence-corrected chi connectivity index (χ2v) is 5.25. The lowest BCUT2D eigenvalue weighted by Crippen LogP contribution is -2.45. The molecule has 118 valence electrons. The number of anilines is 1. The number of ether oxygens (including phenoxy) is 1. The Hall–Kier alpha value is -2.57. The molecular weight excluding hydrogens is 288 g/mol. The van der Waals surface area contributed by atoms with Crippen molar-refractivity contribution in [2.24, 2.45) is 0 Å². The van der Waals surface area contributed by atoms with Crippen LogP contribution in [0.2, 0.25) is 0 Å². The number of amides is 1. The van der Waals surface area contributed by atoms with Gasteiger partial charge in [-0.05, 0) is 23.8 Å². The van der Waals surface area contributed by atoms with Gasteiger partial charge in [0.05, 0.1) is 19.1 Å². The molecule has 22 heavy (non-hydrogen) atoms. The monoisotopic (exact) mass is 306 g/mol. The first-order valence-corrected chi connectivity index (χ1v) is 6.76. The number of likely N-dealkylation sites (N-methyl/N-ethyl adjacent to an activating group) is 2. The molecule has 7 nitrogen and oxygen atoms in total. The molecule has 1 aliphatic rings. The summed E-state index contributed by atoms with van der Waals surface area (Å²) < 4.78 is 4.65. The zero-order chi connectivity index (χ0) is 16.4. The minimum Gasteiger partial charge on any atom is -0.478 e. The molecule has 0 fully saturated rings. The Morgan fingerprint density at radius 3 is 2.64 bits per heavy atom. The maximum absolute atomic E-state index is 12.5. The molecule has 1 atom stereocenters. The summed E-state index contributed by atoms with van der Waals surface area (Å²) in [5.41, 5.74) is 1.63. The molecule has 0 saturated carbocycles.